The van der Waals surface area contributed by atoms with Crippen LogP contribution in [-0.4, -0.2) is 46.7 Å². The second kappa shape index (κ2) is 4.66. The fraction of sp³-hybridized carbons (Fsp3) is 1.00. The van der Waals surface area contributed by atoms with Crippen LogP contribution in [0.15, 0.2) is 0 Å². The minimum Gasteiger partial charge on any atom is -0.394 e. The van der Waals surface area contributed by atoms with E-state index in [4.69, 9.17) is 15.3 Å². The summed E-state index contributed by atoms with van der Waals surface area (Å²) in [5.41, 5.74) is -0.393. The van der Waals surface area contributed by atoms with Gasteiger partial charge in [0.1, 0.15) is 0 Å². The van der Waals surface area contributed by atoms with Crippen molar-refractivity contribution in [1.82, 2.24) is 5.32 Å². The molecule has 0 aromatic carbocycles. The molecule has 0 bridgehead atoms. The topological polar surface area (TPSA) is 72.7 Å². The molecule has 1 atom stereocenters. The van der Waals surface area contributed by atoms with Gasteiger partial charge in [0, 0.05) is 12.1 Å². The summed E-state index contributed by atoms with van der Waals surface area (Å²) in [6.45, 7) is 3.68. The predicted octanol–water partition coefficient (Wildman–Crippen LogP) is -1.30. The molecule has 0 spiro atoms. The summed E-state index contributed by atoms with van der Waals surface area (Å²) in [6, 6.07) is 0. The number of nitrogens with one attached hydrogen (secondary N) is 1. The molecule has 11 heavy (non-hydrogen) atoms. The van der Waals surface area contributed by atoms with Crippen LogP contribution in [0, 0.1) is 0 Å². The van der Waals surface area contributed by atoms with Gasteiger partial charge in [0.05, 0.1) is 19.3 Å². The van der Waals surface area contributed by atoms with E-state index in [1.54, 1.807) is 0 Å². The molecule has 0 heterocycles. The number of hydrogen-bond acceptors (Lipinski definition) is 4. The average molecular weight is 163 g/mol. The zero-order chi connectivity index (χ0) is 8.91. The van der Waals surface area contributed by atoms with Crippen LogP contribution in [0.1, 0.15) is 13.8 Å². The summed E-state index contributed by atoms with van der Waals surface area (Å²) in [5.74, 6) is 0. The second-order valence-corrected chi connectivity index (χ2v) is 3.26. The quantitative estimate of drug-likeness (QED) is 0.406. The third kappa shape index (κ3) is 5.15. The average Bonchev–Trinajstić information content (AvgIpc) is 2.00. The molecule has 0 rings (SSSR count). The van der Waals surface area contributed by atoms with Gasteiger partial charge in [-0.05, 0) is 13.8 Å². The van der Waals surface area contributed by atoms with Crippen LogP contribution >= 0.6 is 0 Å². The molecule has 0 unspecified atom stereocenters. The lowest BCUT2D eigenvalue weighted by Gasteiger charge is -2.24. The molecule has 4 nitrogen and oxygen atoms in total. The third-order valence-corrected chi connectivity index (χ3v) is 1.42. The summed E-state index contributed by atoms with van der Waals surface area (Å²) in [4.78, 5) is 0. The van der Waals surface area contributed by atoms with E-state index >= 15 is 0 Å². The summed E-state index contributed by atoms with van der Waals surface area (Å²) >= 11 is 0. The number of hydrogen-bond donors (Lipinski definition) is 4. The maximum absolute atomic E-state index is 8.92. The van der Waals surface area contributed by atoms with Gasteiger partial charge >= 0.3 is 0 Å². The van der Waals surface area contributed by atoms with E-state index < -0.39 is 11.6 Å². The SMILES string of the molecule is CC(C)(CO)NC[C@H](O)CO. The van der Waals surface area contributed by atoms with Crippen LogP contribution in [0.5, 0.6) is 0 Å². The molecule has 0 aliphatic heterocycles. The number of β-amino-alcohol motifs (C(OH)–C–C–N with tert-alkyl or cyclic N) is 1. The normalized spacial score (nSPS) is 15.0. The minimum atomic E-state index is -0.749. The van der Waals surface area contributed by atoms with E-state index in [0.29, 0.717) is 6.54 Å². The Kier molecular flexibility index (Phi) is 4.60. The van der Waals surface area contributed by atoms with Gasteiger partial charge in [-0.3, -0.25) is 0 Å². The first-order chi connectivity index (χ1) is 5.02. The summed E-state index contributed by atoms with van der Waals surface area (Å²) < 4.78 is 0. The van der Waals surface area contributed by atoms with Gasteiger partial charge in [0.25, 0.3) is 0 Å². The van der Waals surface area contributed by atoms with Gasteiger partial charge in [-0.1, -0.05) is 0 Å². The van der Waals surface area contributed by atoms with Crippen molar-refractivity contribution in [2.45, 2.75) is 25.5 Å². The largest absolute Gasteiger partial charge is 0.394 e. The van der Waals surface area contributed by atoms with Gasteiger partial charge in [-0.2, -0.15) is 0 Å². The van der Waals surface area contributed by atoms with Crippen LogP contribution in [-0.2, 0) is 0 Å². The second-order valence-electron chi connectivity index (χ2n) is 3.26. The van der Waals surface area contributed by atoms with Crippen LogP contribution in [0.4, 0.5) is 0 Å². The highest BCUT2D eigenvalue weighted by Gasteiger charge is 2.16. The zero-order valence-corrected chi connectivity index (χ0v) is 7.04. The molecule has 68 valence electrons. The maximum Gasteiger partial charge on any atom is 0.0895 e. The van der Waals surface area contributed by atoms with E-state index in [0.717, 1.165) is 0 Å². The highest BCUT2D eigenvalue weighted by atomic mass is 16.3. The van der Waals surface area contributed by atoms with E-state index in [9.17, 15) is 0 Å². The fourth-order valence-electron chi connectivity index (χ4n) is 0.515. The lowest BCUT2D eigenvalue weighted by molar-refractivity contribution is 0.0809. The van der Waals surface area contributed by atoms with Crippen LogP contribution in [0.3, 0.4) is 0 Å². The first-order valence-electron chi connectivity index (χ1n) is 3.66. The third-order valence-electron chi connectivity index (χ3n) is 1.42. The highest BCUT2D eigenvalue weighted by molar-refractivity contribution is 4.77. The lowest BCUT2D eigenvalue weighted by atomic mass is 10.1. The highest BCUT2D eigenvalue weighted by Crippen LogP contribution is 1.98. The molecule has 4 N–H and O–H groups in total. The number of rotatable bonds is 5. The van der Waals surface area contributed by atoms with Crippen LogP contribution in [0.25, 0.3) is 0 Å². The molecule has 0 aromatic heterocycles. The van der Waals surface area contributed by atoms with E-state index in [2.05, 4.69) is 5.32 Å². The first kappa shape index (κ1) is 10.8. The predicted molar refractivity (Wildman–Crippen MR) is 42.3 cm³/mol. The van der Waals surface area contributed by atoms with Gasteiger partial charge in [0.15, 0.2) is 0 Å². The molecular formula is C7H17NO3. The monoisotopic (exact) mass is 163 g/mol. The smallest absolute Gasteiger partial charge is 0.0895 e. The van der Waals surface area contributed by atoms with E-state index in [1.807, 2.05) is 13.8 Å². The molecule has 4 heteroatoms. The molecule has 0 radical (unpaired) electrons. The number of aliphatic hydroxyl groups excluding tert-OH is 3. The summed E-state index contributed by atoms with van der Waals surface area (Å²) in [6.07, 6.45) is -0.749. The molecule has 0 saturated heterocycles. The Balaban J connectivity index is 3.52. The Morgan fingerprint density at radius 1 is 1.36 bits per heavy atom. The maximum atomic E-state index is 8.92. The van der Waals surface area contributed by atoms with Crippen LogP contribution in [0.2, 0.25) is 0 Å². The van der Waals surface area contributed by atoms with Crippen LogP contribution < -0.4 is 5.32 Å². The molecule has 0 fully saturated rings. The Hall–Kier alpha value is -0.160. The van der Waals surface area contributed by atoms with Crippen molar-refractivity contribution in [3.05, 3.63) is 0 Å². The van der Waals surface area contributed by atoms with Gasteiger partial charge in [-0.15, -0.1) is 0 Å². The van der Waals surface area contributed by atoms with Gasteiger partial charge < -0.3 is 20.6 Å². The molecule has 0 aromatic rings. The lowest BCUT2D eigenvalue weighted by Crippen LogP contribution is -2.46. The number of aliphatic hydroxyl groups is 3. The van der Waals surface area contributed by atoms with E-state index in [1.165, 1.54) is 0 Å². The molecule has 0 aliphatic rings. The fourth-order valence-corrected chi connectivity index (χ4v) is 0.515. The van der Waals surface area contributed by atoms with Crippen molar-refractivity contribution in [2.24, 2.45) is 0 Å². The summed E-state index contributed by atoms with van der Waals surface area (Å²) in [5, 5.41) is 29.0. The van der Waals surface area contributed by atoms with Gasteiger partial charge in [0.2, 0.25) is 0 Å². The van der Waals surface area contributed by atoms with Crippen molar-refractivity contribution in [3.63, 3.8) is 0 Å². The van der Waals surface area contributed by atoms with Crippen molar-refractivity contribution < 1.29 is 15.3 Å². The van der Waals surface area contributed by atoms with E-state index in [-0.39, 0.29) is 13.2 Å². The Morgan fingerprint density at radius 2 is 1.91 bits per heavy atom. The summed E-state index contributed by atoms with van der Waals surface area (Å²) in [7, 11) is 0. The van der Waals surface area contributed by atoms with Crippen molar-refractivity contribution >= 4 is 0 Å². The molecule has 0 saturated carbocycles. The van der Waals surface area contributed by atoms with Crippen molar-refractivity contribution in [3.8, 4) is 0 Å². The molecule has 0 amide bonds. The standard InChI is InChI=1S/C7H17NO3/c1-7(2,5-10)8-3-6(11)4-9/h6,8-11H,3-5H2,1-2H3/t6-/m0/s1. The Bertz CT molecular complexity index is 106. The minimum absolute atomic E-state index is 0.00511. The molecule has 0 aliphatic carbocycles. The first-order valence-corrected chi connectivity index (χ1v) is 3.66. The zero-order valence-electron chi connectivity index (χ0n) is 7.04. The van der Waals surface area contributed by atoms with Gasteiger partial charge in [-0.25, -0.2) is 0 Å². The Morgan fingerprint density at radius 3 is 2.27 bits per heavy atom. The molecular weight excluding hydrogens is 146 g/mol. The Labute approximate surface area is 66.9 Å². The van der Waals surface area contributed by atoms with Crippen molar-refractivity contribution in [2.75, 3.05) is 19.8 Å². The van der Waals surface area contributed by atoms with Crippen molar-refractivity contribution in [1.29, 1.82) is 0 Å².